The molecule has 1 aliphatic rings. The predicted octanol–water partition coefficient (Wildman–Crippen LogP) is 1.04. The molecule has 7 nitrogen and oxygen atoms in total. The second-order valence-corrected chi connectivity index (χ2v) is 6.46. The van der Waals surface area contributed by atoms with Gasteiger partial charge in [-0.3, -0.25) is 9.79 Å². The van der Waals surface area contributed by atoms with Crippen LogP contribution in [0.2, 0.25) is 0 Å². The molecule has 0 aromatic heterocycles. The number of carbonyl (C=O) groups is 1. The number of rotatable bonds is 9. The zero-order chi connectivity index (χ0) is 17.8. The molecule has 0 bridgehead atoms. The lowest BCUT2D eigenvalue weighted by molar-refractivity contribution is -0.123. The quantitative estimate of drug-likeness (QED) is 0.204. The number of methoxy groups -OCH3 is 1. The minimum absolute atomic E-state index is 0. The molecule has 148 valence electrons. The van der Waals surface area contributed by atoms with Gasteiger partial charge in [0.05, 0.1) is 13.2 Å². The van der Waals surface area contributed by atoms with Gasteiger partial charge in [-0.1, -0.05) is 13.8 Å². The number of piperidine rings is 1. The molecule has 1 fully saturated rings. The molecule has 0 saturated carbocycles. The maximum absolute atomic E-state index is 11.5. The van der Waals surface area contributed by atoms with E-state index < -0.39 is 0 Å². The second kappa shape index (κ2) is 14.5. The van der Waals surface area contributed by atoms with Gasteiger partial charge in [0.2, 0.25) is 5.91 Å². The summed E-state index contributed by atoms with van der Waals surface area (Å²) in [5, 5.41) is 9.68. The van der Waals surface area contributed by atoms with Crippen LogP contribution in [0.1, 0.15) is 33.6 Å². The molecule has 8 heteroatoms. The Balaban J connectivity index is 0.00000576. The third-order valence-electron chi connectivity index (χ3n) is 4.09. The first-order valence-electron chi connectivity index (χ1n) is 9.10. The van der Waals surface area contributed by atoms with E-state index in [1.807, 2.05) is 13.8 Å². The molecule has 3 N–H and O–H groups in total. The summed E-state index contributed by atoms with van der Waals surface area (Å²) in [5.74, 6) is 0.932. The van der Waals surface area contributed by atoms with Crippen LogP contribution in [0.3, 0.4) is 0 Å². The topological polar surface area (TPSA) is 78.0 Å². The fraction of sp³-hybridized carbons (Fsp3) is 0.882. The molecule has 1 aliphatic heterocycles. The third kappa shape index (κ3) is 10.9. The van der Waals surface area contributed by atoms with Crippen LogP contribution < -0.4 is 16.0 Å². The van der Waals surface area contributed by atoms with E-state index in [0.29, 0.717) is 19.1 Å². The minimum atomic E-state index is 0. The van der Waals surface area contributed by atoms with E-state index in [-0.39, 0.29) is 35.8 Å². The highest BCUT2D eigenvalue weighted by atomic mass is 127. The molecule has 1 heterocycles. The Kier molecular flexibility index (Phi) is 14.2. The lowest BCUT2D eigenvalue weighted by atomic mass is 10.1. The molecule has 1 saturated heterocycles. The first-order valence-corrected chi connectivity index (χ1v) is 9.10. The maximum atomic E-state index is 11.5. The Hall–Kier alpha value is -0.610. The number of halogens is 1. The van der Waals surface area contributed by atoms with E-state index in [4.69, 9.17) is 4.74 Å². The number of aliphatic imine (C=N–C) groups is 1. The van der Waals surface area contributed by atoms with Crippen molar-refractivity contribution in [3.63, 3.8) is 0 Å². The molecule has 25 heavy (non-hydrogen) atoms. The molecule has 0 aliphatic carbocycles. The van der Waals surface area contributed by atoms with E-state index in [1.54, 1.807) is 7.11 Å². The summed E-state index contributed by atoms with van der Waals surface area (Å²) in [4.78, 5) is 18.5. The highest BCUT2D eigenvalue weighted by Gasteiger charge is 2.19. The average Bonchev–Trinajstić information content (AvgIpc) is 2.57. The molecule has 0 atom stereocenters. The normalized spacial score (nSPS) is 16.4. The van der Waals surface area contributed by atoms with Crippen molar-refractivity contribution >= 4 is 35.8 Å². The number of nitrogens with zero attached hydrogens (tertiary/aromatic N) is 2. The minimum Gasteiger partial charge on any atom is -0.383 e. The molecular weight excluding hydrogens is 433 g/mol. The van der Waals surface area contributed by atoms with Gasteiger partial charge in [-0.2, -0.15) is 0 Å². The molecule has 1 amide bonds. The van der Waals surface area contributed by atoms with E-state index in [0.717, 1.165) is 51.6 Å². The number of amides is 1. The summed E-state index contributed by atoms with van der Waals surface area (Å²) in [6, 6.07) is 0.451. The predicted molar refractivity (Wildman–Crippen MR) is 114 cm³/mol. The van der Waals surface area contributed by atoms with Crippen LogP contribution in [0.15, 0.2) is 4.99 Å². The van der Waals surface area contributed by atoms with Gasteiger partial charge in [0, 0.05) is 51.8 Å². The maximum Gasteiger partial charge on any atom is 0.222 e. The van der Waals surface area contributed by atoms with E-state index in [2.05, 4.69) is 32.8 Å². The van der Waals surface area contributed by atoms with Crippen LogP contribution in [0.4, 0.5) is 0 Å². The standard InChI is InChI=1S/C17H35N5O2.HI/c1-5-18-17(20-9-8-19-16(23)14(2)3)21-15-6-10-22(11-7-15)12-13-24-4;/h14-15H,5-13H2,1-4H3,(H,19,23)(H2,18,20,21);1H. The Morgan fingerprint density at radius 3 is 2.52 bits per heavy atom. The third-order valence-corrected chi connectivity index (χ3v) is 4.09. The van der Waals surface area contributed by atoms with Gasteiger partial charge < -0.3 is 25.6 Å². The Labute approximate surface area is 169 Å². The molecule has 0 radical (unpaired) electrons. The molecule has 1 rings (SSSR count). The van der Waals surface area contributed by atoms with Gasteiger partial charge in [-0.25, -0.2) is 0 Å². The van der Waals surface area contributed by atoms with Crippen molar-refractivity contribution in [3.05, 3.63) is 0 Å². The first kappa shape index (κ1) is 24.4. The molecule has 0 aromatic carbocycles. The molecule has 0 aromatic rings. The summed E-state index contributed by atoms with van der Waals surface area (Å²) >= 11 is 0. The molecule has 0 spiro atoms. The van der Waals surface area contributed by atoms with Crippen molar-refractivity contribution in [1.29, 1.82) is 0 Å². The van der Waals surface area contributed by atoms with Gasteiger partial charge in [0.25, 0.3) is 0 Å². The van der Waals surface area contributed by atoms with E-state index >= 15 is 0 Å². The average molecular weight is 469 g/mol. The van der Waals surface area contributed by atoms with E-state index in [9.17, 15) is 4.79 Å². The summed E-state index contributed by atoms with van der Waals surface area (Å²) in [6.07, 6.45) is 2.22. The van der Waals surface area contributed by atoms with Crippen LogP contribution in [-0.2, 0) is 9.53 Å². The number of hydrogen-bond acceptors (Lipinski definition) is 4. The largest absolute Gasteiger partial charge is 0.383 e. The SMILES string of the molecule is CCNC(=NCCNC(=O)C(C)C)NC1CCN(CCOC)CC1.I. The lowest BCUT2D eigenvalue weighted by Gasteiger charge is -2.32. The smallest absolute Gasteiger partial charge is 0.222 e. The monoisotopic (exact) mass is 469 g/mol. The van der Waals surface area contributed by atoms with Crippen LogP contribution in [0.5, 0.6) is 0 Å². The zero-order valence-electron chi connectivity index (χ0n) is 16.1. The number of likely N-dealkylation sites (tertiary alicyclic amines) is 1. The Bertz CT molecular complexity index is 385. The summed E-state index contributed by atoms with van der Waals surface area (Å²) < 4.78 is 5.14. The Morgan fingerprint density at radius 1 is 1.28 bits per heavy atom. The molecular formula is C17H36IN5O2. The van der Waals surface area contributed by atoms with Crippen molar-refractivity contribution in [1.82, 2.24) is 20.9 Å². The summed E-state index contributed by atoms with van der Waals surface area (Å²) in [5.41, 5.74) is 0. The number of hydrogen-bond donors (Lipinski definition) is 3. The molecule has 0 unspecified atom stereocenters. The van der Waals surface area contributed by atoms with Gasteiger partial charge in [-0.15, -0.1) is 24.0 Å². The van der Waals surface area contributed by atoms with Crippen molar-refractivity contribution in [3.8, 4) is 0 Å². The zero-order valence-corrected chi connectivity index (χ0v) is 18.5. The van der Waals surface area contributed by atoms with Crippen LogP contribution in [0.25, 0.3) is 0 Å². The van der Waals surface area contributed by atoms with Gasteiger partial charge in [0.1, 0.15) is 0 Å². The first-order chi connectivity index (χ1) is 11.6. The van der Waals surface area contributed by atoms with Gasteiger partial charge in [-0.05, 0) is 19.8 Å². The van der Waals surface area contributed by atoms with Crippen molar-refractivity contribution in [2.45, 2.75) is 39.7 Å². The lowest BCUT2D eigenvalue weighted by Crippen LogP contribution is -2.49. The van der Waals surface area contributed by atoms with Crippen molar-refractivity contribution in [2.75, 3.05) is 53.0 Å². The number of nitrogens with one attached hydrogen (secondary N) is 3. The van der Waals surface area contributed by atoms with Crippen LogP contribution in [-0.4, -0.2) is 75.8 Å². The number of carbonyl (C=O) groups excluding carboxylic acids is 1. The van der Waals surface area contributed by atoms with Gasteiger partial charge in [0.15, 0.2) is 5.96 Å². The fourth-order valence-electron chi connectivity index (χ4n) is 2.59. The highest BCUT2D eigenvalue weighted by molar-refractivity contribution is 14.0. The van der Waals surface area contributed by atoms with Gasteiger partial charge >= 0.3 is 0 Å². The van der Waals surface area contributed by atoms with Crippen LogP contribution >= 0.6 is 24.0 Å². The summed E-state index contributed by atoms with van der Waals surface area (Å²) in [7, 11) is 1.75. The van der Waals surface area contributed by atoms with Crippen LogP contribution in [0, 0.1) is 5.92 Å². The van der Waals surface area contributed by atoms with Crippen molar-refractivity contribution in [2.24, 2.45) is 10.9 Å². The van der Waals surface area contributed by atoms with E-state index in [1.165, 1.54) is 0 Å². The van der Waals surface area contributed by atoms with Crippen molar-refractivity contribution < 1.29 is 9.53 Å². The number of ether oxygens (including phenoxy) is 1. The highest BCUT2D eigenvalue weighted by Crippen LogP contribution is 2.09. The second-order valence-electron chi connectivity index (χ2n) is 6.46. The number of guanidine groups is 1. The Morgan fingerprint density at radius 2 is 1.96 bits per heavy atom. The fourth-order valence-corrected chi connectivity index (χ4v) is 2.59. The summed E-state index contributed by atoms with van der Waals surface area (Å²) in [6.45, 7) is 11.8.